The van der Waals surface area contributed by atoms with E-state index >= 15 is 0 Å². The van der Waals surface area contributed by atoms with Gasteiger partial charge in [0.2, 0.25) is 0 Å². The summed E-state index contributed by atoms with van der Waals surface area (Å²) in [5.41, 5.74) is -1.22. The highest BCUT2D eigenvalue weighted by Gasteiger charge is 2.49. The molecule has 0 aromatic carbocycles. The topological polar surface area (TPSA) is 61.8 Å². The van der Waals surface area contributed by atoms with E-state index in [1.807, 2.05) is 6.92 Å². The third-order valence-corrected chi connectivity index (χ3v) is 3.54. The van der Waals surface area contributed by atoms with Gasteiger partial charge in [-0.1, -0.05) is 6.92 Å². The van der Waals surface area contributed by atoms with Crippen LogP contribution >= 0.6 is 0 Å². The molecule has 1 unspecified atom stereocenters. The monoisotopic (exact) mass is 272 g/mol. The molecule has 0 aromatic rings. The molecule has 19 heavy (non-hydrogen) atoms. The summed E-state index contributed by atoms with van der Waals surface area (Å²) in [6, 6.07) is 0. The molecule has 1 rings (SSSR count). The smallest absolute Gasteiger partial charge is 0.323 e. The molecule has 1 atom stereocenters. The van der Waals surface area contributed by atoms with E-state index < -0.39 is 17.4 Å². The minimum absolute atomic E-state index is 0.0613. The summed E-state index contributed by atoms with van der Waals surface area (Å²) in [5.74, 6) is -0.988. The van der Waals surface area contributed by atoms with Crippen molar-refractivity contribution in [2.75, 3.05) is 19.8 Å². The van der Waals surface area contributed by atoms with Crippen molar-refractivity contribution in [1.82, 2.24) is 0 Å². The number of rotatable bonds is 7. The number of carbonyl (C=O) groups is 2. The first kappa shape index (κ1) is 16.0. The van der Waals surface area contributed by atoms with Crippen LogP contribution in [0.1, 0.15) is 46.5 Å². The Morgan fingerprint density at radius 3 is 2.11 bits per heavy atom. The number of ether oxygens (including phenoxy) is 3. The SMILES string of the molecule is CCOC(=O)C(CC)(CC1CCCO1)C(=O)OCC. The first-order valence-corrected chi connectivity index (χ1v) is 7.06. The maximum Gasteiger partial charge on any atom is 0.323 e. The van der Waals surface area contributed by atoms with Crippen molar-refractivity contribution in [2.24, 2.45) is 5.41 Å². The van der Waals surface area contributed by atoms with Gasteiger partial charge < -0.3 is 14.2 Å². The first-order valence-electron chi connectivity index (χ1n) is 7.06. The minimum atomic E-state index is -1.22. The predicted octanol–water partition coefficient (Wildman–Crippen LogP) is 2.08. The fourth-order valence-corrected chi connectivity index (χ4v) is 2.42. The van der Waals surface area contributed by atoms with Crippen LogP contribution in [0.25, 0.3) is 0 Å². The summed E-state index contributed by atoms with van der Waals surface area (Å²) in [7, 11) is 0. The molecule has 0 aliphatic carbocycles. The molecule has 0 bridgehead atoms. The molecule has 1 fully saturated rings. The third-order valence-electron chi connectivity index (χ3n) is 3.54. The molecule has 1 saturated heterocycles. The van der Waals surface area contributed by atoms with Gasteiger partial charge in [-0.2, -0.15) is 0 Å². The van der Waals surface area contributed by atoms with Gasteiger partial charge >= 0.3 is 11.9 Å². The van der Waals surface area contributed by atoms with Gasteiger partial charge in [-0.15, -0.1) is 0 Å². The van der Waals surface area contributed by atoms with Crippen molar-refractivity contribution in [3.8, 4) is 0 Å². The van der Waals surface area contributed by atoms with Crippen LogP contribution in [0.3, 0.4) is 0 Å². The van der Waals surface area contributed by atoms with E-state index in [-0.39, 0.29) is 19.3 Å². The van der Waals surface area contributed by atoms with Crippen molar-refractivity contribution in [1.29, 1.82) is 0 Å². The molecule has 1 aliphatic heterocycles. The molecule has 1 aliphatic rings. The van der Waals surface area contributed by atoms with Crippen molar-refractivity contribution in [3.05, 3.63) is 0 Å². The lowest BCUT2D eigenvalue weighted by atomic mass is 9.79. The van der Waals surface area contributed by atoms with E-state index in [9.17, 15) is 9.59 Å². The van der Waals surface area contributed by atoms with Crippen LogP contribution in [0.15, 0.2) is 0 Å². The van der Waals surface area contributed by atoms with E-state index in [1.165, 1.54) is 0 Å². The van der Waals surface area contributed by atoms with Gasteiger partial charge in [0.1, 0.15) is 0 Å². The largest absolute Gasteiger partial charge is 0.465 e. The lowest BCUT2D eigenvalue weighted by Gasteiger charge is -2.29. The van der Waals surface area contributed by atoms with E-state index in [0.717, 1.165) is 12.8 Å². The molecular formula is C14H24O5. The Bertz CT molecular complexity index is 289. The fourth-order valence-electron chi connectivity index (χ4n) is 2.42. The molecule has 0 amide bonds. The fraction of sp³-hybridized carbons (Fsp3) is 0.857. The third kappa shape index (κ3) is 3.69. The lowest BCUT2D eigenvalue weighted by molar-refractivity contribution is -0.175. The number of esters is 2. The molecular weight excluding hydrogens is 248 g/mol. The van der Waals surface area contributed by atoms with Crippen LogP contribution in [0.5, 0.6) is 0 Å². The van der Waals surface area contributed by atoms with E-state index in [4.69, 9.17) is 14.2 Å². The number of hydrogen-bond donors (Lipinski definition) is 0. The zero-order chi connectivity index (χ0) is 14.3. The minimum Gasteiger partial charge on any atom is -0.465 e. The Hall–Kier alpha value is -1.10. The second-order valence-corrected chi connectivity index (χ2v) is 4.72. The maximum atomic E-state index is 12.2. The molecule has 0 radical (unpaired) electrons. The van der Waals surface area contributed by atoms with Gasteiger partial charge in [0, 0.05) is 13.0 Å². The summed E-state index contributed by atoms with van der Waals surface area (Å²) in [6.45, 7) is 6.47. The van der Waals surface area contributed by atoms with E-state index in [2.05, 4.69) is 0 Å². The molecule has 5 heteroatoms. The first-order chi connectivity index (χ1) is 9.10. The summed E-state index contributed by atoms with van der Waals surface area (Å²) in [6.07, 6.45) is 2.50. The van der Waals surface area contributed by atoms with Gasteiger partial charge in [-0.25, -0.2) is 0 Å². The van der Waals surface area contributed by atoms with Crippen LogP contribution in [-0.4, -0.2) is 37.9 Å². The van der Waals surface area contributed by atoms with Gasteiger partial charge in [0.15, 0.2) is 5.41 Å². The summed E-state index contributed by atoms with van der Waals surface area (Å²) in [5, 5.41) is 0. The van der Waals surface area contributed by atoms with Gasteiger partial charge in [0.25, 0.3) is 0 Å². The zero-order valence-electron chi connectivity index (χ0n) is 12.1. The Balaban J connectivity index is 2.90. The Kier molecular flexibility index (Phi) is 6.28. The van der Waals surface area contributed by atoms with E-state index in [1.54, 1.807) is 13.8 Å². The van der Waals surface area contributed by atoms with Gasteiger partial charge in [0.05, 0.1) is 19.3 Å². The summed E-state index contributed by atoms with van der Waals surface area (Å²) >= 11 is 0. The molecule has 0 aromatic heterocycles. The van der Waals surface area contributed by atoms with Crippen LogP contribution < -0.4 is 0 Å². The van der Waals surface area contributed by atoms with Crippen molar-refractivity contribution in [2.45, 2.75) is 52.6 Å². The van der Waals surface area contributed by atoms with Crippen LogP contribution in [0, 0.1) is 5.41 Å². The molecule has 1 heterocycles. The van der Waals surface area contributed by atoms with Crippen molar-refractivity contribution < 1.29 is 23.8 Å². The summed E-state index contributed by atoms with van der Waals surface area (Å²) < 4.78 is 15.7. The predicted molar refractivity (Wildman–Crippen MR) is 69.6 cm³/mol. The number of hydrogen-bond acceptors (Lipinski definition) is 5. The molecule has 0 N–H and O–H groups in total. The van der Waals surface area contributed by atoms with Crippen LogP contribution in [0.2, 0.25) is 0 Å². The zero-order valence-corrected chi connectivity index (χ0v) is 12.1. The molecule has 5 nitrogen and oxygen atoms in total. The Morgan fingerprint density at radius 2 is 1.74 bits per heavy atom. The van der Waals surface area contributed by atoms with Crippen molar-refractivity contribution in [3.63, 3.8) is 0 Å². The highest BCUT2D eigenvalue weighted by Crippen LogP contribution is 2.35. The lowest BCUT2D eigenvalue weighted by Crippen LogP contribution is -2.44. The van der Waals surface area contributed by atoms with Crippen LogP contribution in [-0.2, 0) is 23.8 Å². The summed E-state index contributed by atoms with van der Waals surface area (Å²) in [4.78, 5) is 24.4. The van der Waals surface area contributed by atoms with Crippen molar-refractivity contribution >= 4 is 11.9 Å². The highest BCUT2D eigenvalue weighted by atomic mass is 16.6. The average Bonchev–Trinajstić information content (AvgIpc) is 2.89. The normalized spacial score (nSPS) is 19.2. The second kappa shape index (κ2) is 7.48. The highest BCUT2D eigenvalue weighted by molar-refractivity contribution is 6.00. The number of carbonyl (C=O) groups excluding carboxylic acids is 2. The van der Waals surface area contributed by atoms with Crippen LogP contribution in [0.4, 0.5) is 0 Å². The standard InChI is InChI=1S/C14H24O5/c1-4-14(12(15)17-5-2,13(16)18-6-3)10-11-8-7-9-19-11/h11H,4-10H2,1-3H3. The molecule has 110 valence electrons. The quantitative estimate of drug-likeness (QED) is 0.524. The Labute approximate surface area is 114 Å². The second-order valence-electron chi connectivity index (χ2n) is 4.72. The molecule has 0 spiro atoms. The van der Waals surface area contributed by atoms with Gasteiger partial charge in [-0.3, -0.25) is 9.59 Å². The van der Waals surface area contributed by atoms with Gasteiger partial charge in [-0.05, 0) is 33.1 Å². The van der Waals surface area contributed by atoms with E-state index in [0.29, 0.717) is 19.4 Å². The average molecular weight is 272 g/mol. The Morgan fingerprint density at radius 1 is 1.16 bits per heavy atom. The molecule has 0 saturated carbocycles. The maximum absolute atomic E-state index is 12.2.